The van der Waals surface area contributed by atoms with Crippen molar-refractivity contribution >= 4 is 63.0 Å². The highest BCUT2D eigenvalue weighted by Crippen LogP contribution is 2.58. The van der Waals surface area contributed by atoms with E-state index < -0.39 is 38.6 Å². The molecule has 1 fully saturated rings. The number of non-ortho nitro benzene ring substituents is 1. The average Bonchev–Trinajstić information content (AvgIpc) is 3.54. The number of carbonyl (C=O) groups excluding carboxylic acids is 3. The van der Waals surface area contributed by atoms with E-state index in [4.69, 9.17) is 9.47 Å². The second-order valence-corrected chi connectivity index (χ2v) is 11.2. The first-order valence-electron chi connectivity index (χ1n) is 10.4. The number of fused-ring (bicyclic) bond motifs is 2. The topological polar surface area (TPSA) is 134 Å². The lowest BCUT2D eigenvalue weighted by Crippen LogP contribution is -2.70. The van der Waals surface area contributed by atoms with Crippen LogP contribution in [0.3, 0.4) is 0 Å². The molecule has 11 nitrogen and oxygen atoms in total. The number of benzene rings is 1. The number of amides is 1. The lowest BCUT2D eigenvalue weighted by molar-refractivity contribution is -0.384. The van der Waals surface area contributed by atoms with Gasteiger partial charge in [-0.15, -0.1) is 11.8 Å². The third-order valence-corrected chi connectivity index (χ3v) is 9.35. The molecule has 0 unspecified atom stereocenters. The van der Waals surface area contributed by atoms with Gasteiger partial charge in [-0.2, -0.15) is 0 Å². The first-order chi connectivity index (χ1) is 16.7. The van der Waals surface area contributed by atoms with Crippen LogP contribution in [-0.4, -0.2) is 52.7 Å². The summed E-state index contributed by atoms with van der Waals surface area (Å²) < 4.78 is 11.5. The van der Waals surface area contributed by atoms with Crippen molar-refractivity contribution in [3.05, 3.63) is 62.9 Å². The molecular formula is C21H17BrN4O7S2. The number of ether oxygens (including phenoxy) is 2. The van der Waals surface area contributed by atoms with Crippen LogP contribution >= 0.6 is 39.5 Å². The van der Waals surface area contributed by atoms with Crippen LogP contribution in [0.25, 0.3) is 0 Å². The molecule has 3 aliphatic heterocycles. The summed E-state index contributed by atoms with van der Waals surface area (Å²) in [6.45, 7) is 1.93. The molecule has 0 radical (unpaired) electrons. The van der Waals surface area contributed by atoms with E-state index in [1.54, 1.807) is 18.0 Å². The summed E-state index contributed by atoms with van der Waals surface area (Å²) in [5.74, 6) is -0.805. The van der Waals surface area contributed by atoms with Crippen LogP contribution in [0.2, 0.25) is 0 Å². The number of aryl methyl sites for hydroxylation is 1. The predicted octanol–water partition coefficient (Wildman–Crippen LogP) is 3.13. The van der Waals surface area contributed by atoms with Gasteiger partial charge in [0.05, 0.1) is 4.92 Å². The molecular weight excluding hydrogens is 564 g/mol. The van der Waals surface area contributed by atoms with E-state index in [0.29, 0.717) is 11.3 Å². The molecule has 3 aliphatic rings. The fourth-order valence-electron chi connectivity index (χ4n) is 4.01. The number of hydrogen-bond donors (Lipinski definition) is 0. The Hall–Kier alpha value is -2.84. The minimum atomic E-state index is -1.31. The van der Waals surface area contributed by atoms with Gasteiger partial charge in [0.1, 0.15) is 23.4 Å². The third kappa shape index (κ3) is 4.02. The van der Waals surface area contributed by atoms with Gasteiger partial charge < -0.3 is 14.0 Å². The Labute approximate surface area is 215 Å². The van der Waals surface area contributed by atoms with Crippen LogP contribution in [0.15, 0.2) is 46.7 Å². The predicted molar refractivity (Wildman–Crippen MR) is 128 cm³/mol. The van der Waals surface area contributed by atoms with Gasteiger partial charge in [0.2, 0.25) is 0 Å². The van der Waals surface area contributed by atoms with E-state index in [2.05, 4.69) is 20.9 Å². The summed E-state index contributed by atoms with van der Waals surface area (Å²) in [5, 5.41) is 12.6. The number of nitro benzene ring substituents is 1. The minimum Gasteiger partial charge on any atom is -0.456 e. The number of alkyl halides is 1. The number of nitrogens with zero attached hydrogens (tertiary/aromatic N) is 4. The molecule has 0 aliphatic carbocycles. The van der Waals surface area contributed by atoms with Crippen molar-refractivity contribution < 1.29 is 28.8 Å². The maximum absolute atomic E-state index is 13.3. The molecule has 4 heterocycles. The van der Waals surface area contributed by atoms with Crippen molar-refractivity contribution in [3.8, 4) is 0 Å². The Kier molecular flexibility index (Phi) is 6.13. The molecule has 1 saturated heterocycles. The molecule has 182 valence electrons. The first kappa shape index (κ1) is 23.9. The molecule has 1 aromatic carbocycles. The Bertz CT molecular complexity index is 1260. The normalized spacial score (nSPS) is 23.1. The molecule has 0 saturated carbocycles. The van der Waals surface area contributed by atoms with E-state index in [1.165, 1.54) is 53.3 Å². The first-order valence-corrected chi connectivity index (χ1v) is 13.1. The van der Waals surface area contributed by atoms with Crippen molar-refractivity contribution in [2.24, 2.45) is 0 Å². The number of imidazole rings is 1. The largest absolute Gasteiger partial charge is 0.456 e. The van der Waals surface area contributed by atoms with E-state index in [9.17, 15) is 24.5 Å². The number of halogens is 1. The summed E-state index contributed by atoms with van der Waals surface area (Å²) in [6, 6.07) is 5.63. The second-order valence-electron chi connectivity index (χ2n) is 7.91. The number of β-lactam (4-membered cyclic amide) rings is 1. The van der Waals surface area contributed by atoms with Gasteiger partial charge in [-0.05, 0) is 17.7 Å². The number of hydrogen-bond acceptors (Lipinski definition) is 10. The SMILES string of the molecule is CC(=O)O[C@@H](c1cn2c(n1)SCC2)[C@]1(Br)C(=O)N2C(C(=O)OCc3ccc([N+](=O)[O-])cc3)=CS[C@@H]21. The number of aromatic nitrogens is 2. The Morgan fingerprint density at radius 2 is 2.11 bits per heavy atom. The molecule has 3 atom stereocenters. The van der Waals surface area contributed by atoms with Gasteiger partial charge in [-0.25, -0.2) is 9.78 Å². The van der Waals surface area contributed by atoms with Crippen LogP contribution in [-0.2, 0) is 37.0 Å². The molecule has 1 aromatic heterocycles. The summed E-state index contributed by atoms with van der Waals surface area (Å²) in [4.78, 5) is 54.1. The quantitative estimate of drug-likeness (QED) is 0.158. The van der Waals surface area contributed by atoms with E-state index in [1.807, 2.05) is 4.57 Å². The molecule has 0 spiro atoms. The van der Waals surface area contributed by atoms with Crippen molar-refractivity contribution in [3.63, 3.8) is 0 Å². The third-order valence-electron chi connectivity index (χ3n) is 5.69. The molecule has 14 heteroatoms. The highest BCUT2D eigenvalue weighted by molar-refractivity contribution is 9.10. The van der Waals surface area contributed by atoms with Crippen LogP contribution in [0.1, 0.15) is 24.3 Å². The van der Waals surface area contributed by atoms with Crippen molar-refractivity contribution in [2.75, 3.05) is 5.75 Å². The van der Waals surface area contributed by atoms with Crippen molar-refractivity contribution in [1.82, 2.24) is 14.5 Å². The fourth-order valence-corrected chi connectivity index (χ4v) is 7.23. The zero-order valence-corrected chi connectivity index (χ0v) is 21.3. The number of rotatable bonds is 7. The van der Waals surface area contributed by atoms with Crippen LogP contribution in [0.4, 0.5) is 5.69 Å². The van der Waals surface area contributed by atoms with Gasteiger partial charge in [0, 0.05) is 43.0 Å². The number of nitro groups is 1. The average molecular weight is 581 g/mol. The summed E-state index contributed by atoms with van der Waals surface area (Å²) in [7, 11) is 0. The minimum absolute atomic E-state index is 0.0680. The lowest BCUT2D eigenvalue weighted by Gasteiger charge is -2.51. The van der Waals surface area contributed by atoms with Crippen molar-refractivity contribution in [1.29, 1.82) is 0 Å². The lowest BCUT2D eigenvalue weighted by atomic mass is 9.89. The van der Waals surface area contributed by atoms with Gasteiger partial charge >= 0.3 is 11.9 Å². The summed E-state index contributed by atoms with van der Waals surface area (Å²) in [5.41, 5.74) is 1.03. The highest BCUT2D eigenvalue weighted by Gasteiger charge is 2.69. The smallest absolute Gasteiger partial charge is 0.355 e. The van der Waals surface area contributed by atoms with E-state index >= 15 is 0 Å². The standard InChI is InChI=1S/C21H17BrN4O7S2/c1-11(27)33-16(14-8-24-6-7-34-20(24)23-14)21(22)18(29)25-15(10-35-19(21)25)17(28)32-9-12-2-4-13(5-3-12)26(30)31/h2-5,8,10,16,19H,6-7,9H2,1H3/t16-,19+,21-/m0/s1. The van der Waals surface area contributed by atoms with Crippen LogP contribution in [0, 0.1) is 10.1 Å². The van der Waals surface area contributed by atoms with Crippen LogP contribution < -0.4 is 0 Å². The van der Waals surface area contributed by atoms with Gasteiger partial charge in [0.25, 0.3) is 11.6 Å². The molecule has 0 N–H and O–H groups in total. The molecule has 35 heavy (non-hydrogen) atoms. The van der Waals surface area contributed by atoms with Gasteiger partial charge in [-0.3, -0.25) is 24.6 Å². The van der Waals surface area contributed by atoms with E-state index in [-0.39, 0.29) is 18.0 Å². The molecule has 5 rings (SSSR count). The number of thioether (sulfide) groups is 2. The Balaban J connectivity index is 1.30. The van der Waals surface area contributed by atoms with E-state index in [0.717, 1.165) is 17.5 Å². The Morgan fingerprint density at radius 3 is 2.77 bits per heavy atom. The second kappa shape index (κ2) is 8.99. The molecule has 1 amide bonds. The molecule has 2 aromatic rings. The monoisotopic (exact) mass is 580 g/mol. The number of carbonyl (C=O) groups is 3. The maximum Gasteiger partial charge on any atom is 0.355 e. The van der Waals surface area contributed by atoms with Crippen molar-refractivity contribution in [2.45, 2.75) is 41.0 Å². The zero-order valence-electron chi connectivity index (χ0n) is 18.1. The zero-order chi connectivity index (χ0) is 24.9. The number of esters is 2. The summed E-state index contributed by atoms with van der Waals surface area (Å²) in [6.07, 6.45) is 0.803. The van der Waals surface area contributed by atoms with Gasteiger partial charge in [-0.1, -0.05) is 27.7 Å². The highest BCUT2D eigenvalue weighted by atomic mass is 79.9. The summed E-state index contributed by atoms with van der Waals surface area (Å²) >= 11 is 6.35. The molecule has 0 bridgehead atoms. The fraction of sp³-hybridized carbons (Fsp3) is 0.333. The van der Waals surface area contributed by atoms with Crippen LogP contribution in [0.5, 0.6) is 0 Å². The maximum atomic E-state index is 13.3. The Morgan fingerprint density at radius 1 is 1.37 bits per heavy atom. The van der Waals surface area contributed by atoms with Gasteiger partial charge in [0.15, 0.2) is 15.6 Å².